The van der Waals surface area contributed by atoms with Gasteiger partial charge in [-0.3, -0.25) is 9.59 Å². The van der Waals surface area contributed by atoms with E-state index in [1.807, 2.05) is 20.8 Å². The lowest BCUT2D eigenvalue weighted by molar-refractivity contribution is -0.133. The molecule has 7 nitrogen and oxygen atoms in total. The molecule has 1 aliphatic carbocycles. The SMILES string of the molecule is CCC(C)NC(=O)CCNC(=O)C1(C(N)=NO)CC(C)C1. The Balaban J connectivity index is 2.44. The third-order valence-corrected chi connectivity index (χ3v) is 4.08. The molecule has 1 saturated carbocycles. The van der Waals surface area contributed by atoms with E-state index in [0.717, 1.165) is 6.42 Å². The third-order valence-electron chi connectivity index (χ3n) is 4.08. The molecule has 2 amide bonds. The Hall–Kier alpha value is -1.79. The molecule has 0 aliphatic heterocycles. The number of carbonyl (C=O) groups excluding carboxylic acids is 2. The van der Waals surface area contributed by atoms with Crippen molar-refractivity contribution in [2.75, 3.05) is 6.54 Å². The van der Waals surface area contributed by atoms with Crippen molar-refractivity contribution in [1.82, 2.24) is 10.6 Å². The molecular weight excluding hydrogens is 272 g/mol. The van der Waals surface area contributed by atoms with Gasteiger partial charge in [0.25, 0.3) is 0 Å². The molecule has 1 atom stereocenters. The van der Waals surface area contributed by atoms with Gasteiger partial charge in [0.2, 0.25) is 11.8 Å². The van der Waals surface area contributed by atoms with Crippen LogP contribution in [0.1, 0.15) is 46.5 Å². The Morgan fingerprint density at radius 2 is 2.10 bits per heavy atom. The molecule has 0 aromatic carbocycles. The zero-order valence-corrected chi connectivity index (χ0v) is 13.0. The summed E-state index contributed by atoms with van der Waals surface area (Å²) in [6, 6.07) is 0.129. The summed E-state index contributed by atoms with van der Waals surface area (Å²) in [5.41, 5.74) is 4.74. The second kappa shape index (κ2) is 7.28. The molecular formula is C14H26N4O3. The number of oxime groups is 1. The van der Waals surface area contributed by atoms with Gasteiger partial charge in [0.1, 0.15) is 5.41 Å². The number of hydrogen-bond donors (Lipinski definition) is 4. The molecule has 21 heavy (non-hydrogen) atoms. The van der Waals surface area contributed by atoms with E-state index in [0.29, 0.717) is 18.8 Å². The zero-order valence-electron chi connectivity index (χ0n) is 13.0. The van der Waals surface area contributed by atoms with Crippen molar-refractivity contribution in [3.63, 3.8) is 0 Å². The van der Waals surface area contributed by atoms with E-state index in [-0.39, 0.29) is 36.7 Å². The molecule has 0 bridgehead atoms. The minimum absolute atomic E-state index is 0.0536. The molecule has 5 N–H and O–H groups in total. The summed E-state index contributed by atoms with van der Waals surface area (Å²) in [6.07, 6.45) is 2.21. The summed E-state index contributed by atoms with van der Waals surface area (Å²) in [5.74, 6) is -0.0522. The standard InChI is InChI=1S/C14H26N4O3/c1-4-10(3)17-11(19)5-6-16-13(20)14(12(15)18-21)7-9(2)8-14/h9-10,21H,4-8H2,1-3H3,(H2,15,18)(H,16,20)(H,17,19). The molecule has 0 aromatic rings. The fraction of sp³-hybridized carbons (Fsp3) is 0.786. The van der Waals surface area contributed by atoms with Crippen LogP contribution < -0.4 is 16.4 Å². The van der Waals surface area contributed by atoms with Gasteiger partial charge in [-0.25, -0.2) is 0 Å². The number of carbonyl (C=O) groups is 2. The first kappa shape index (κ1) is 17.3. The maximum atomic E-state index is 12.2. The Labute approximate surface area is 125 Å². The first-order chi connectivity index (χ1) is 9.85. The summed E-state index contributed by atoms with van der Waals surface area (Å²) in [5, 5.41) is 17.4. The number of nitrogens with one attached hydrogen (secondary N) is 2. The lowest BCUT2D eigenvalue weighted by atomic mass is 9.61. The summed E-state index contributed by atoms with van der Waals surface area (Å²) < 4.78 is 0. The number of amides is 2. The van der Waals surface area contributed by atoms with E-state index >= 15 is 0 Å². The van der Waals surface area contributed by atoms with E-state index in [9.17, 15) is 9.59 Å². The molecule has 0 heterocycles. The van der Waals surface area contributed by atoms with Crippen molar-refractivity contribution < 1.29 is 14.8 Å². The second-order valence-electron chi connectivity index (χ2n) is 5.96. The van der Waals surface area contributed by atoms with Crippen molar-refractivity contribution in [2.45, 2.75) is 52.5 Å². The van der Waals surface area contributed by atoms with E-state index < -0.39 is 5.41 Å². The lowest BCUT2D eigenvalue weighted by Crippen LogP contribution is -2.57. The van der Waals surface area contributed by atoms with E-state index in [2.05, 4.69) is 15.8 Å². The minimum Gasteiger partial charge on any atom is -0.409 e. The van der Waals surface area contributed by atoms with Crippen LogP contribution in [0.25, 0.3) is 0 Å². The number of amidine groups is 1. The van der Waals surface area contributed by atoms with Crippen molar-refractivity contribution >= 4 is 17.6 Å². The van der Waals surface area contributed by atoms with Crippen LogP contribution in [0, 0.1) is 11.3 Å². The molecule has 1 aliphatic rings. The predicted molar refractivity (Wildman–Crippen MR) is 79.8 cm³/mol. The first-order valence-electron chi connectivity index (χ1n) is 7.41. The summed E-state index contributed by atoms with van der Waals surface area (Å²) in [6.45, 7) is 6.18. The highest BCUT2D eigenvalue weighted by atomic mass is 16.4. The molecule has 0 aromatic heterocycles. The molecule has 1 rings (SSSR count). The topological polar surface area (TPSA) is 117 Å². The second-order valence-corrected chi connectivity index (χ2v) is 5.96. The zero-order chi connectivity index (χ0) is 16.0. The Morgan fingerprint density at radius 3 is 2.57 bits per heavy atom. The van der Waals surface area contributed by atoms with Crippen LogP contribution in [0.4, 0.5) is 0 Å². The number of nitrogens with two attached hydrogens (primary N) is 1. The average molecular weight is 298 g/mol. The van der Waals surface area contributed by atoms with Crippen LogP contribution in [0.3, 0.4) is 0 Å². The van der Waals surface area contributed by atoms with E-state index in [4.69, 9.17) is 10.9 Å². The molecule has 1 unspecified atom stereocenters. The van der Waals surface area contributed by atoms with Gasteiger partial charge in [-0.05, 0) is 32.1 Å². The maximum absolute atomic E-state index is 12.2. The van der Waals surface area contributed by atoms with Gasteiger partial charge in [0.05, 0.1) is 0 Å². The summed E-state index contributed by atoms with van der Waals surface area (Å²) in [4.78, 5) is 23.9. The van der Waals surface area contributed by atoms with Gasteiger partial charge < -0.3 is 21.6 Å². The number of nitrogens with zero attached hydrogens (tertiary/aromatic N) is 1. The number of hydrogen-bond acceptors (Lipinski definition) is 4. The van der Waals surface area contributed by atoms with Crippen LogP contribution in [-0.4, -0.2) is 35.4 Å². The quantitative estimate of drug-likeness (QED) is 0.238. The molecule has 0 radical (unpaired) electrons. The van der Waals surface area contributed by atoms with E-state index in [1.54, 1.807) is 0 Å². The fourth-order valence-corrected chi connectivity index (χ4v) is 2.64. The predicted octanol–water partition coefficient (Wildman–Crippen LogP) is 0.570. The highest BCUT2D eigenvalue weighted by Crippen LogP contribution is 2.45. The molecule has 120 valence electrons. The first-order valence-corrected chi connectivity index (χ1v) is 7.41. The van der Waals surface area contributed by atoms with Crippen molar-refractivity contribution in [1.29, 1.82) is 0 Å². The van der Waals surface area contributed by atoms with Gasteiger partial charge in [0.15, 0.2) is 5.84 Å². The van der Waals surface area contributed by atoms with Gasteiger partial charge in [-0.2, -0.15) is 0 Å². The molecule has 0 spiro atoms. The highest BCUT2D eigenvalue weighted by Gasteiger charge is 2.52. The monoisotopic (exact) mass is 298 g/mol. The van der Waals surface area contributed by atoms with Crippen LogP contribution >= 0.6 is 0 Å². The van der Waals surface area contributed by atoms with Crippen LogP contribution in [-0.2, 0) is 9.59 Å². The Morgan fingerprint density at radius 1 is 1.48 bits per heavy atom. The van der Waals surface area contributed by atoms with Crippen LogP contribution in [0.15, 0.2) is 5.16 Å². The fourth-order valence-electron chi connectivity index (χ4n) is 2.64. The lowest BCUT2D eigenvalue weighted by Gasteiger charge is -2.43. The van der Waals surface area contributed by atoms with Gasteiger partial charge in [-0.15, -0.1) is 0 Å². The Bertz CT molecular complexity index is 416. The van der Waals surface area contributed by atoms with E-state index in [1.165, 1.54) is 0 Å². The molecule has 7 heteroatoms. The van der Waals surface area contributed by atoms with Crippen molar-refractivity contribution in [3.05, 3.63) is 0 Å². The normalized spacial score (nSPS) is 26.6. The third kappa shape index (κ3) is 4.09. The van der Waals surface area contributed by atoms with Crippen LogP contribution in [0.5, 0.6) is 0 Å². The van der Waals surface area contributed by atoms with Gasteiger partial charge >= 0.3 is 0 Å². The average Bonchev–Trinajstić information content (AvgIpc) is 2.42. The van der Waals surface area contributed by atoms with Crippen molar-refractivity contribution in [3.8, 4) is 0 Å². The van der Waals surface area contributed by atoms with Crippen molar-refractivity contribution in [2.24, 2.45) is 22.2 Å². The minimum atomic E-state index is -0.915. The maximum Gasteiger partial charge on any atom is 0.233 e. The Kier molecular flexibility index (Phi) is 5.99. The largest absolute Gasteiger partial charge is 0.409 e. The molecule has 1 fully saturated rings. The van der Waals surface area contributed by atoms with Crippen LogP contribution in [0.2, 0.25) is 0 Å². The molecule has 0 saturated heterocycles. The van der Waals surface area contributed by atoms with Gasteiger partial charge in [0, 0.05) is 19.0 Å². The summed E-state index contributed by atoms with van der Waals surface area (Å²) >= 11 is 0. The number of rotatable bonds is 7. The van der Waals surface area contributed by atoms with Gasteiger partial charge in [-0.1, -0.05) is 19.0 Å². The smallest absolute Gasteiger partial charge is 0.233 e. The summed E-state index contributed by atoms with van der Waals surface area (Å²) in [7, 11) is 0. The highest BCUT2D eigenvalue weighted by molar-refractivity contribution is 6.07.